The molecule has 1 fully saturated rings. The Kier molecular flexibility index (Phi) is 7.56. The number of anilines is 2. The third kappa shape index (κ3) is 4.97. The van der Waals surface area contributed by atoms with Crippen LogP contribution in [0.1, 0.15) is 33.0 Å². The monoisotopic (exact) mass is 623 g/mol. The van der Waals surface area contributed by atoms with E-state index in [0.717, 1.165) is 32.9 Å². The molecule has 13 heteroatoms. The molecule has 0 aliphatic carbocycles. The van der Waals surface area contributed by atoms with Crippen LogP contribution in [-0.4, -0.2) is 40.1 Å². The Morgan fingerprint density at radius 1 is 1.00 bits per heavy atom. The number of thioether (sulfide) groups is 1. The number of aromatic nitrogens is 1. The summed E-state index contributed by atoms with van der Waals surface area (Å²) in [4.78, 5) is 67.7. The van der Waals surface area contributed by atoms with Crippen LogP contribution in [0, 0.1) is 11.7 Å². The molecule has 1 saturated heterocycles. The molecule has 0 spiro atoms. The molecule has 2 aliphatic rings. The molecule has 3 unspecified atom stereocenters. The molecule has 0 saturated carbocycles. The van der Waals surface area contributed by atoms with Crippen LogP contribution >= 0.6 is 34.4 Å². The van der Waals surface area contributed by atoms with Gasteiger partial charge in [-0.3, -0.25) is 23.7 Å². The average molecular weight is 624 g/mol. The van der Waals surface area contributed by atoms with Gasteiger partial charge >= 0.3 is 10.8 Å². The largest absolute Gasteiger partial charge is 0.462 e. The lowest BCUT2D eigenvalue weighted by Gasteiger charge is -2.29. The fraction of sp³-hybridized carbons (Fsp3) is 0.207. The molecule has 0 bridgehead atoms. The lowest BCUT2D eigenvalue weighted by molar-refractivity contribution is -0.122. The van der Waals surface area contributed by atoms with E-state index in [1.807, 2.05) is 17.5 Å². The van der Waals surface area contributed by atoms with Crippen LogP contribution < -0.4 is 15.1 Å². The number of hydrogen-bond donors (Lipinski definition) is 1. The normalized spacial score (nSPS) is 19.4. The molecule has 1 N–H and O–H groups in total. The highest BCUT2D eigenvalue weighted by atomic mass is 32.2. The van der Waals surface area contributed by atoms with Crippen molar-refractivity contribution in [1.82, 2.24) is 4.57 Å². The number of imide groups is 1. The van der Waals surface area contributed by atoms with E-state index in [0.29, 0.717) is 21.2 Å². The van der Waals surface area contributed by atoms with E-state index >= 15 is 0 Å². The molecular formula is C29H22FN3O6S3. The van der Waals surface area contributed by atoms with E-state index in [2.05, 4.69) is 5.32 Å². The van der Waals surface area contributed by atoms with Crippen molar-refractivity contribution in [2.24, 2.45) is 5.92 Å². The van der Waals surface area contributed by atoms with Gasteiger partial charge in [0.25, 0.3) is 0 Å². The maximum absolute atomic E-state index is 13.8. The van der Waals surface area contributed by atoms with Gasteiger partial charge in [0, 0.05) is 21.4 Å². The minimum Gasteiger partial charge on any atom is -0.462 e. The SMILES string of the molecule is CCOC(=O)c1ccc(NC(=O)Cn2c3c(sc2=O)C(c2cccs2)C2C(=O)N(c4ccc(F)cc4)C(=O)C2S3)cc1. The standard InChI is InChI=1S/C29H22FN3O6S3/c1-2-39-28(37)15-5-9-17(10-6-15)31-20(34)14-32-27-24(42-29(32)38)21(19-4-3-13-40-19)22-23(41-27)26(36)33(25(22)35)18-11-7-16(30)8-12-18/h3-13,21-23H,2,14H2,1H3,(H,31,34). The second-order valence-corrected chi connectivity index (χ2v) is 12.6. The summed E-state index contributed by atoms with van der Waals surface area (Å²) in [6, 6.07) is 15.1. The number of halogens is 1. The molecule has 214 valence electrons. The quantitative estimate of drug-likeness (QED) is 0.234. The number of hydrogen-bond acceptors (Lipinski definition) is 9. The summed E-state index contributed by atoms with van der Waals surface area (Å²) in [5, 5.41) is 4.24. The molecule has 2 aromatic carbocycles. The van der Waals surface area contributed by atoms with Gasteiger partial charge in [-0.25, -0.2) is 14.1 Å². The summed E-state index contributed by atoms with van der Waals surface area (Å²) in [5.41, 5.74) is 1.05. The maximum Gasteiger partial charge on any atom is 0.338 e. The number of thiophene rings is 1. The zero-order chi connectivity index (χ0) is 29.5. The number of ether oxygens (including phenoxy) is 1. The topological polar surface area (TPSA) is 115 Å². The van der Waals surface area contributed by atoms with Crippen molar-refractivity contribution in [2.45, 2.75) is 29.7 Å². The van der Waals surface area contributed by atoms with Crippen LogP contribution in [0.5, 0.6) is 0 Å². The van der Waals surface area contributed by atoms with Crippen molar-refractivity contribution in [3.8, 4) is 0 Å². The summed E-state index contributed by atoms with van der Waals surface area (Å²) in [6.07, 6.45) is 0. The van der Waals surface area contributed by atoms with Crippen LogP contribution in [-0.2, 0) is 25.7 Å². The average Bonchev–Trinajstić information content (AvgIpc) is 3.67. The highest BCUT2D eigenvalue weighted by Gasteiger charge is 2.57. The first-order valence-electron chi connectivity index (χ1n) is 12.9. The number of esters is 1. The molecule has 2 aromatic heterocycles. The van der Waals surface area contributed by atoms with Gasteiger partial charge in [0.1, 0.15) is 17.6 Å². The van der Waals surface area contributed by atoms with Gasteiger partial charge in [0.05, 0.1) is 28.8 Å². The van der Waals surface area contributed by atoms with E-state index in [1.165, 1.54) is 52.3 Å². The maximum atomic E-state index is 13.8. The fourth-order valence-corrected chi connectivity index (χ4v) is 8.84. The molecule has 9 nitrogen and oxygen atoms in total. The molecule has 6 rings (SSSR count). The second-order valence-electron chi connectivity index (χ2n) is 9.52. The summed E-state index contributed by atoms with van der Waals surface area (Å²) in [7, 11) is 0. The zero-order valence-corrected chi connectivity index (χ0v) is 24.4. The Morgan fingerprint density at radius 2 is 1.74 bits per heavy atom. The van der Waals surface area contributed by atoms with Crippen molar-refractivity contribution in [2.75, 3.05) is 16.8 Å². The molecule has 4 heterocycles. The van der Waals surface area contributed by atoms with Gasteiger partial charge in [-0.2, -0.15) is 0 Å². The van der Waals surface area contributed by atoms with Crippen molar-refractivity contribution in [3.05, 3.63) is 96.8 Å². The number of nitrogens with zero attached hydrogens (tertiary/aromatic N) is 2. The summed E-state index contributed by atoms with van der Waals surface area (Å²) < 4.78 is 19.9. The van der Waals surface area contributed by atoms with Gasteiger partial charge in [0.15, 0.2) is 0 Å². The number of amides is 3. The number of carbonyl (C=O) groups is 4. The van der Waals surface area contributed by atoms with Crippen LogP contribution in [0.25, 0.3) is 0 Å². The minimum atomic E-state index is -0.833. The Labute approximate surface area is 250 Å². The Balaban J connectivity index is 1.30. The third-order valence-corrected chi connectivity index (χ3v) is 10.5. The van der Waals surface area contributed by atoms with Crippen LogP contribution in [0.2, 0.25) is 0 Å². The number of fused-ring (bicyclic) bond motifs is 2. The number of benzene rings is 2. The molecule has 4 aromatic rings. The Hall–Kier alpha value is -4.07. The molecular weight excluding hydrogens is 602 g/mol. The lowest BCUT2D eigenvalue weighted by atomic mass is 9.87. The molecule has 42 heavy (non-hydrogen) atoms. The first kappa shape index (κ1) is 28.1. The highest BCUT2D eigenvalue weighted by molar-refractivity contribution is 8.00. The predicted octanol–water partition coefficient (Wildman–Crippen LogP) is 4.72. The smallest absolute Gasteiger partial charge is 0.338 e. The summed E-state index contributed by atoms with van der Waals surface area (Å²) in [6.45, 7) is 1.64. The first-order valence-corrected chi connectivity index (χ1v) is 15.5. The van der Waals surface area contributed by atoms with Crippen LogP contribution in [0.3, 0.4) is 0 Å². The van der Waals surface area contributed by atoms with Crippen LogP contribution in [0.4, 0.5) is 15.8 Å². The molecule has 3 atom stereocenters. The van der Waals surface area contributed by atoms with Gasteiger partial charge in [0.2, 0.25) is 17.7 Å². The van der Waals surface area contributed by atoms with Gasteiger partial charge in [-0.1, -0.05) is 29.2 Å². The number of rotatable bonds is 7. The van der Waals surface area contributed by atoms with Crippen molar-refractivity contribution >= 4 is 69.5 Å². The summed E-state index contributed by atoms with van der Waals surface area (Å²) in [5.74, 6) is -3.61. The van der Waals surface area contributed by atoms with Crippen molar-refractivity contribution in [1.29, 1.82) is 0 Å². The lowest BCUT2D eigenvalue weighted by Crippen LogP contribution is -2.32. The highest BCUT2D eigenvalue weighted by Crippen LogP contribution is 2.54. The third-order valence-electron chi connectivity index (χ3n) is 6.97. The van der Waals surface area contributed by atoms with E-state index in [-0.39, 0.29) is 23.7 Å². The molecule has 2 aliphatic heterocycles. The zero-order valence-electron chi connectivity index (χ0n) is 21.9. The predicted molar refractivity (Wildman–Crippen MR) is 158 cm³/mol. The second kappa shape index (κ2) is 11.3. The van der Waals surface area contributed by atoms with Gasteiger partial charge < -0.3 is 10.1 Å². The van der Waals surface area contributed by atoms with Gasteiger partial charge in [-0.15, -0.1) is 11.3 Å². The number of thiazole rings is 1. The summed E-state index contributed by atoms with van der Waals surface area (Å²) >= 11 is 3.49. The fourth-order valence-electron chi connectivity index (χ4n) is 5.12. The van der Waals surface area contributed by atoms with E-state index in [4.69, 9.17) is 4.74 Å². The van der Waals surface area contributed by atoms with Crippen molar-refractivity contribution < 1.29 is 28.3 Å². The minimum absolute atomic E-state index is 0.244. The van der Waals surface area contributed by atoms with Crippen molar-refractivity contribution in [3.63, 3.8) is 0 Å². The molecule has 0 radical (unpaired) electrons. The molecule has 3 amide bonds. The first-order chi connectivity index (χ1) is 20.3. The van der Waals surface area contributed by atoms with E-state index < -0.39 is 46.6 Å². The Morgan fingerprint density at radius 3 is 2.40 bits per heavy atom. The van der Waals surface area contributed by atoms with E-state index in [1.54, 1.807) is 19.1 Å². The van der Waals surface area contributed by atoms with Gasteiger partial charge in [-0.05, 0) is 66.9 Å². The Bertz CT molecular complexity index is 1750. The van der Waals surface area contributed by atoms with E-state index in [9.17, 15) is 28.4 Å². The number of carbonyl (C=O) groups excluding carboxylic acids is 4. The number of nitrogens with one attached hydrogen (secondary N) is 1. The van der Waals surface area contributed by atoms with Crippen LogP contribution in [0.15, 0.2) is 75.9 Å².